The fourth-order valence-electron chi connectivity index (χ4n) is 3.17. The number of amides is 1. The highest BCUT2D eigenvalue weighted by Gasteiger charge is 2.23. The Hall–Kier alpha value is -2.84. The molecular formula is C20H21N3O2. The van der Waals surface area contributed by atoms with Crippen LogP contribution in [0.25, 0.3) is 0 Å². The van der Waals surface area contributed by atoms with Crippen LogP contribution in [-0.2, 0) is 6.54 Å². The molecule has 0 bridgehead atoms. The molecule has 2 aromatic rings. The van der Waals surface area contributed by atoms with E-state index in [0.717, 1.165) is 31.6 Å². The number of nitrogens with one attached hydrogen (secondary N) is 1. The van der Waals surface area contributed by atoms with E-state index in [2.05, 4.69) is 10.2 Å². The van der Waals surface area contributed by atoms with Gasteiger partial charge in [-0.2, -0.15) is 5.26 Å². The number of carbonyl (C=O) groups is 1. The summed E-state index contributed by atoms with van der Waals surface area (Å²) in [4.78, 5) is 14.5. The van der Waals surface area contributed by atoms with Crippen LogP contribution in [0.5, 0.6) is 5.75 Å². The Morgan fingerprint density at radius 3 is 2.80 bits per heavy atom. The van der Waals surface area contributed by atoms with E-state index in [4.69, 9.17) is 5.26 Å². The highest BCUT2D eigenvalue weighted by atomic mass is 16.3. The molecule has 1 aliphatic rings. The molecule has 1 fully saturated rings. The number of carbonyl (C=O) groups excluding carboxylic acids is 1. The smallest absolute Gasteiger partial charge is 0.251 e. The molecule has 2 N–H and O–H groups in total. The number of hydrogen-bond donors (Lipinski definition) is 2. The molecule has 0 spiro atoms. The third-order valence-electron chi connectivity index (χ3n) is 4.51. The normalized spacial score (nSPS) is 17.2. The van der Waals surface area contributed by atoms with Gasteiger partial charge >= 0.3 is 0 Å². The molecule has 25 heavy (non-hydrogen) atoms. The van der Waals surface area contributed by atoms with Crippen molar-refractivity contribution in [3.63, 3.8) is 0 Å². The van der Waals surface area contributed by atoms with E-state index < -0.39 is 0 Å². The Morgan fingerprint density at radius 2 is 2.08 bits per heavy atom. The zero-order valence-corrected chi connectivity index (χ0v) is 14.0. The lowest BCUT2D eigenvalue weighted by Gasteiger charge is -2.16. The number of hydrogen-bond acceptors (Lipinski definition) is 4. The third-order valence-corrected chi connectivity index (χ3v) is 4.51. The van der Waals surface area contributed by atoms with Gasteiger partial charge in [0, 0.05) is 25.2 Å². The molecule has 0 saturated carbocycles. The van der Waals surface area contributed by atoms with Crippen molar-refractivity contribution in [2.75, 3.05) is 19.6 Å². The van der Waals surface area contributed by atoms with Crippen LogP contribution in [0.3, 0.4) is 0 Å². The monoisotopic (exact) mass is 335 g/mol. The average molecular weight is 335 g/mol. The molecule has 3 rings (SSSR count). The van der Waals surface area contributed by atoms with Crippen molar-refractivity contribution in [3.8, 4) is 11.8 Å². The second kappa shape index (κ2) is 7.82. The molecule has 1 amide bonds. The van der Waals surface area contributed by atoms with Crippen molar-refractivity contribution < 1.29 is 9.90 Å². The highest BCUT2D eigenvalue weighted by Crippen LogP contribution is 2.20. The largest absolute Gasteiger partial charge is 0.508 e. The van der Waals surface area contributed by atoms with Gasteiger partial charge in [-0.25, -0.2) is 0 Å². The highest BCUT2D eigenvalue weighted by molar-refractivity contribution is 5.94. The van der Waals surface area contributed by atoms with Crippen molar-refractivity contribution in [3.05, 3.63) is 65.2 Å². The summed E-state index contributed by atoms with van der Waals surface area (Å²) in [5.41, 5.74) is 2.23. The van der Waals surface area contributed by atoms with Crippen LogP contribution in [0.15, 0.2) is 48.5 Å². The van der Waals surface area contributed by atoms with Gasteiger partial charge in [0.25, 0.3) is 5.91 Å². The van der Waals surface area contributed by atoms with Crippen LogP contribution >= 0.6 is 0 Å². The Balaban J connectivity index is 1.46. The van der Waals surface area contributed by atoms with E-state index in [1.54, 1.807) is 36.4 Å². The zero-order valence-electron chi connectivity index (χ0n) is 14.0. The standard InChI is InChI=1S/C20H21N3O2/c21-11-15-4-6-18(7-5-15)20(25)22-12-17-8-9-23(14-17)13-16-2-1-3-19(24)10-16/h1-7,10,17,24H,8-9,12-14H2,(H,22,25). The summed E-state index contributed by atoms with van der Waals surface area (Å²) in [7, 11) is 0. The molecule has 1 saturated heterocycles. The van der Waals surface area contributed by atoms with Gasteiger partial charge in [-0.1, -0.05) is 12.1 Å². The molecule has 0 aliphatic carbocycles. The minimum absolute atomic E-state index is 0.101. The number of phenols is 1. The van der Waals surface area contributed by atoms with Crippen LogP contribution in [0.1, 0.15) is 27.9 Å². The number of benzene rings is 2. The quantitative estimate of drug-likeness (QED) is 0.880. The summed E-state index contributed by atoms with van der Waals surface area (Å²) >= 11 is 0. The van der Waals surface area contributed by atoms with E-state index in [-0.39, 0.29) is 5.91 Å². The Bertz CT molecular complexity index is 780. The Kier molecular flexibility index (Phi) is 5.32. The first-order valence-electron chi connectivity index (χ1n) is 8.42. The second-order valence-electron chi connectivity index (χ2n) is 6.46. The minimum atomic E-state index is -0.101. The number of nitrogens with zero attached hydrogens (tertiary/aromatic N) is 2. The Labute approximate surface area is 147 Å². The van der Waals surface area contributed by atoms with Gasteiger partial charge in [0.05, 0.1) is 11.6 Å². The molecule has 1 unspecified atom stereocenters. The predicted octanol–water partition coefficient (Wildman–Crippen LogP) is 2.52. The molecule has 0 radical (unpaired) electrons. The van der Waals surface area contributed by atoms with Gasteiger partial charge in [0.15, 0.2) is 0 Å². The van der Waals surface area contributed by atoms with Gasteiger partial charge in [-0.05, 0) is 60.8 Å². The third kappa shape index (κ3) is 4.59. The van der Waals surface area contributed by atoms with E-state index in [9.17, 15) is 9.90 Å². The predicted molar refractivity (Wildman–Crippen MR) is 95.0 cm³/mol. The average Bonchev–Trinajstić information content (AvgIpc) is 3.07. The van der Waals surface area contributed by atoms with Crippen LogP contribution < -0.4 is 5.32 Å². The summed E-state index contributed by atoms with van der Waals surface area (Å²) in [5.74, 6) is 0.624. The summed E-state index contributed by atoms with van der Waals surface area (Å²) in [6, 6.07) is 16.0. The molecule has 2 aromatic carbocycles. The van der Waals surface area contributed by atoms with E-state index >= 15 is 0 Å². The number of nitriles is 1. The molecule has 5 heteroatoms. The van der Waals surface area contributed by atoms with Gasteiger partial charge < -0.3 is 10.4 Å². The number of likely N-dealkylation sites (tertiary alicyclic amines) is 1. The van der Waals surface area contributed by atoms with Crippen LogP contribution in [0.4, 0.5) is 0 Å². The molecule has 1 aliphatic heterocycles. The molecule has 1 atom stereocenters. The number of aromatic hydroxyl groups is 1. The van der Waals surface area contributed by atoms with Crippen molar-refractivity contribution in [1.29, 1.82) is 5.26 Å². The van der Waals surface area contributed by atoms with Gasteiger partial charge in [0.1, 0.15) is 5.75 Å². The maximum absolute atomic E-state index is 12.2. The van der Waals surface area contributed by atoms with Crippen molar-refractivity contribution in [1.82, 2.24) is 10.2 Å². The lowest BCUT2D eigenvalue weighted by molar-refractivity contribution is 0.0947. The summed E-state index contributed by atoms with van der Waals surface area (Å²) in [6.45, 7) is 3.39. The Morgan fingerprint density at radius 1 is 1.28 bits per heavy atom. The molecule has 128 valence electrons. The SMILES string of the molecule is N#Cc1ccc(C(=O)NCC2CCN(Cc3cccc(O)c3)C2)cc1. The van der Waals surface area contributed by atoms with Gasteiger partial charge in [0.2, 0.25) is 0 Å². The lowest BCUT2D eigenvalue weighted by Crippen LogP contribution is -2.30. The van der Waals surface area contributed by atoms with Crippen molar-refractivity contribution >= 4 is 5.91 Å². The van der Waals surface area contributed by atoms with E-state index in [1.807, 2.05) is 18.2 Å². The molecular weight excluding hydrogens is 314 g/mol. The maximum Gasteiger partial charge on any atom is 0.251 e. The first kappa shape index (κ1) is 17.0. The zero-order chi connectivity index (χ0) is 17.6. The van der Waals surface area contributed by atoms with E-state index in [1.165, 1.54) is 0 Å². The van der Waals surface area contributed by atoms with Gasteiger partial charge in [-0.3, -0.25) is 9.69 Å². The second-order valence-corrected chi connectivity index (χ2v) is 6.46. The number of rotatable bonds is 5. The lowest BCUT2D eigenvalue weighted by atomic mass is 10.1. The van der Waals surface area contributed by atoms with Crippen molar-refractivity contribution in [2.24, 2.45) is 5.92 Å². The van der Waals surface area contributed by atoms with Crippen LogP contribution in [0, 0.1) is 17.2 Å². The molecule has 5 nitrogen and oxygen atoms in total. The minimum Gasteiger partial charge on any atom is -0.508 e. The summed E-state index contributed by atoms with van der Waals surface area (Å²) in [6.07, 6.45) is 1.05. The first-order chi connectivity index (χ1) is 12.1. The molecule has 0 aromatic heterocycles. The summed E-state index contributed by atoms with van der Waals surface area (Å²) in [5, 5.41) is 21.3. The van der Waals surface area contributed by atoms with Crippen molar-refractivity contribution in [2.45, 2.75) is 13.0 Å². The fourth-order valence-corrected chi connectivity index (χ4v) is 3.17. The first-order valence-corrected chi connectivity index (χ1v) is 8.42. The maximum atomic E-state index is 12.2. The molecule has 1 heterocycles. The fraction of sp³-hybridized carbons (Fsp3) is 0.300. The topological polar surface area (TPSA) is 76.4 Å². The van der Waals surface area contributed by atoms with E-state index in [0.29, 0.717) is 29.3 Å². The summed E-state index contributed by atoms with van der Waals surface area (Å²) < 4.78 is 0. The van der Waals surface area contributed by atoms with Gasteiger partial charge in [-0.15, -0.1) is 0 Å². The number of phenolic OH excluding ortho intramolecular Hbond substituents is 1. The van der Waals surface area contributed by atoms with Crippen LogP contribution in [-0.4, -0.2) is 35.5 Å². The van der Waals surface area contributed by atoms with Crippen LogP contribution in [0.2, 0.25) is 0 Å².